The molecule has 4 N–H and O–H groups in total. The lowest BCUT2D eigenvalue weighted by atomic mass is 10.1. The van der Waals surface area contributed by atoms with E-state index in [9.17, 15) is 29.1 Å². The van der Waals surface area contributed by atoms with E-state index in [1.807, 2.05) is 0 Å². The first-order chi connectivity index (χ1) is 16.7. The predicted molar refractivity (Wildman–Crippen MR) is 135 cm³/mol. The van der Waals surface area contributed by atoms with Gasteiger partial charge in [0.1, 0.15) is 22.8 Å². The van der Waals surface area contributed by atoms with Crippen LogP contribution >= 0.6 is 0 Å². The Bertz CT molecular complexity index is 796. The Hall–Kier alpha value is -3.25. The van der Waals surface area contributed by atoms with Gasteiger partial charge in [-0.05, 0) is 68.7 Å². The zero-order valence-corrected chi connectivity index (χ0v) is 23.5. The Balaban J connectivity index is 5.17. The van der Waals surface area contributed by atoms with Crippen LogP contribution in [0.1, 0.15) is 75.2 Å². The largest absolute Gasteiger partial charge is 0.480 e. The van der Waals surface area contributed by atoms with Gasteiger partial charge in [-0.1, -0.05) is 0 Å². The molecule has 0 saturated heterocycles. The molecule has 1 atom stereocenters. The number of carboxylic acids is 1. The number of hydrogen-bond donors (Lipinski definition) is 4. The van der Waals surface area contributed by atoms with Crippen LogP contribution in [0.2, 0.25) is 0 Å². The second-order valence-corrected chi connectivity index (χ2v) is 11.3. The van der Waals surface area contributed by atoms with E-state index in [0.29, 0.717) is 6.42 Å². The molecule has 0 heterocycles. The van der Waals surface area contributed by atoms with E-state index in [-0.39, 0.29) is 26.2 Å². The van der Waals surface area contributed by atoms with Crippen LogP contribution in [0.4, 0.5) is 14.4 Å². The normalized spacial score (nSPS) is 12.6. The number of ether oxygens (including phenoxy) is 3. The van der Waals surface area contributed by atoms with Crippen molar-refractivity contribution in [2.45, 2.75) is 98.0 Å². The van der Waals surface area contributed by atoms with Crippen LogP contribution in [-0.2, 0) is 23.8 Å². The summed E-state index contributed by atoms with van der Waals surface area (Å²) in [6, 6.07) is -1.52. The van der Waals surface area contributed by atoms with Gasteiger partial charge in [0, 0.05) is 26.2 Å². The Kier molecular flexibility index (Phi) is 13.2. The molecule has 4 amide bonds. The average Bonchev–Trinajstić information content (AvgIpc) is 2.64. The van der Waals surface area contributed by atoms with Crippen LogP contribution in [0.3, 0.4) is 0 Å². The van der Waals surface area contributed by atoms with Gasteiger partial charge in [-0.25, -0.2) is 19.2 Å². The summed E-state index contributed by atoms with van der Waals surface area (Å²) in [5.74, 6) is -1.98. The first kappa shape index (κ1) is 33.8. The van der Waals surface area contributed by atoms with Crippen molar-refractivity contribution < 1.29 is 43.3 Å². The second kappa shape index (κ2) is 14.5. The van der Waals surface area contributed by atoms with Crippen molar-refractivity contribution >= 4 is 30.2 Å². The van der Waals surface area contributed by atoms with Crippen molar-refractivity contribution in [1.29, 1.82) is 0 Å². The van der Waals surface area contributed by atoms with Crippen molar-refractivity contribution in [1.82, 2.24) is 20.9 Å². The van der Waals surface area contributed by atoms with E-state index in [4.69, 9.17) is 14.2 Å². The van der Waals surface area contributed by atoms with Crippen LogP contribution < -0.4 is 16.0 Å². The zero-order valence-electron chi connectivity index (χ0n) is 23.5. The molecule has 0 bridgehead atoms. The predicted octanol–water partition coefficient (Wildman–Crippen LogP) is 2.62. The minimum Gasteiger partial charge on any atom is -0.480 e. The van der Waals surface area contributed by atoms with Crippen molar-refractivity contribution in [3.05, 3.63) is 0 Å². The van der Waals surface area contributed by atoms with Gasteiger partial charge in [0.15, 0.2) is 0 Å². The molecule has 0 rings (SSSR count). The molecule has 214 valence electrons. The van der Waals surface area contributed by atoms with Crippen molar-refractivity contribution in [2.75, 3.05) is 26.2 Å². The quantitative estimate of drug-likeness (QED) is 0.230. The lowest BCUT2D eigenvalue weighted by Gasteiger charge is -2.26. The Morgan fingerprint density at radius 2 is 1.14 bits per heavy atom. The van der Waals surface area contributed by atoms with E-state index in [2.05, 4.69) is 16.0 Å². The number of carbonyl (C=O) groups excluding carboxylic acids is 4. The number of alkyl carbamates (subject to hydrolysis) is 3. The number of carbonyl (C=O) groups is 5. The molecule has 0 aromatic carbocycles. The van der Waals surface area contributed by atoms with Gasteiger partial charge >= 0.3 is 24.2 Å². The first-order valence-corrected chi connectivity index (χ1v) is 12.1. The summed E-state index contributed by atoms with van der Waals surface area (Å²) in [6.07, 6.45) is -2.45. The molecular weight excluding hydrogens is 488 g/mol. The van der Waals surface area contributed by atoms with Crippen LogP contribution in [-0.4, -0.2) is 89.2 Å². The number of hydrogen-bond acceptors (Lipinski definition) is 8. The summed E-state index contributed by atoms with van der Waals surface area (Å²) in [6.45, 7) is 15.6. The molecule has 0 fully saturated rings. The molecule has 37 heavy (non-hydrogen) atoms. The number of amides is 4. The molecule has 0 aliphatic heterocycles. The Morgan fingerprint density at radius 3 is 1.57 bits per heavy atom. The van der Waals surface area contributed by atoms with Crippen molar-refractivity contribution in [3.8, 4) is 0 Å². The smallest absolute Gasteiger partial charge is 0.408 e. The monoisotopic (exact) mass is 532 g/mol. The maximum absolute atomic E-state index is 13.0. The fourth-order valence-electron chi connectivity index (χ4n) is 2.70. The molecule has 13 heteroatoms. The summed E-state index contributed by atoms with van der Waals surface area (Å²) in [5, 5.41) is 16.8. The van der Waals surface area contributed by atoms with E-state index in [1.165, 1.54) is 4.90 Å². The van der Waals surface area contributed by atoms with Crippen LogP contribution in [0.25, 0.3) is 0 Å². The maximum atomic E-state index is 13.0. The van der Waals surface area contributed by atoms with Crippen molar-refractivity contribution in [2.24, 2.45) is 0 Å². The lowest BCUT2D eigenvalue weighted by Crippen LogP contribution is -2.48. The third kappa shape index (κ3) is 18.6. The number of nitrogens with one attached hydrogen (secondary N) is 3. The molecule has 0 aromatic heterocycles. The first-order valence-electron chi connectivity index (χ1n) is 12.1. The van der Waals surface area contributed by atoms with Gasteiger partial charge < -0.3 is 40.2 Å². The van der Waals surface area contributed by atoms with E-state index in [1.54, 1.807) is 62.3 Å². The lowest BCUT2D eigenvalue weighted by molar-refractivity contribution is -0.143. The van der Waals surface area contributed by atoms with E-state index >= 15 is 0 Å². The number of nitrogens with zero attached hydrogens (tertiary/aromatic N) is 1. The topological polar surface area (TPSA) is 173 Å². The number of aliphatic carboxylic acids is 1. The fraction of sp³-hybridized carbons (Fsp3) is 0.792. The molecule has 0 aliphatic carbocycles. The highest BCUT2D eigenvalue weighted by molar-refractivity contribution is 5.87. The standard InChI is InChI=1S/C24H44N4O9/c1-22(2,3)35-19(32)25-11-10-13-28(14-12-26-20(33)36-23(4,5)6)17(29)15-16(18(30)31)27-21(34)37-24(7,8)9/h16H,10-15H2,1-9H3,(H,25,32)(H,26,33)(H,27,34)(H,30,31). The number of rotatable bonds is 11. The highest BCUT2D eigenvalue weighted by atomic mass is 16.6. The third-order valence-electron chi connectivity index (χ3n) is 4.04. The highest BCUT2D eigenvalue weighted by Gasteiger charge is 2.28. The summed E-state index contributed by atoms with van der Waals surface area (Å²) in [5.41, 5.74) is -2.21. The minimum absolute atomic E-state index is 0.0391. The van der Waals surface area contributed by atoms with Crippen LogP contribution in [0, 0.1) is 0 Å². The minimum atomic E-state index is -1.52. The van der Waals surface area contributed by atoms with Crippen LogP contribution in [0.15, 0.2) is 0 Å². The second-order valence-electron chi connectivity index (χ2n) is 11.3. The van der Waals surface area contributed by atoms with Gasteiger partial charge in [0.25, 0.3) is 0 Å². The van der Waals surface area contributed by atoms with Crippen molar-refractivity contribution in [3.63, 3.8) is 0 Å². The van der Waals surface area contributed by atoms with Crippen LogP contribution in [0.5, 0.6) is 0 Å². The third-order valence-corrected chi connectivity index (χ3v) is 4.04. The van der Waals surface area contributed by atoms with E-state index in [0.717, 1.165) is 0 Å². The van der Waals surface area contributed by atoms with E-state index < -0.39 is 59.4 Å². The number of carboxylic acid groups (broad SMARTS) is 1. The summed E-state index contributed by atoms with van der Waals surface area (Å²) in [7, 11) is 0. The summed E-state index contributed by atoms with van der Waals surface area (Å²) in [4.78, 5) is 61.7. The Morgan fingerprint density at radius 1 is 0.703 bits per heavy atom. The SMILES string of the molecule is CC(C)(C)OC(=O)NCCCN(CCNC(=O)OC(C)(C)C)C(=O)CC(NC(=O)OC(C)(C)C)C(=O)O. The highest BCUT2D eigenvalue weighted by Crippen LogP contribution is 2.09. The molecule has 13 nitrogen and oxygen atoms in total. The van der Waals surface area contributed by atoms with Gasteiger partial charge in [0.2, 0.25) is 5.91 Å². The summed E-state index contributed by atoms with van der Waals surface area (Å²) >= 11 is 0. The van der Waals surface area contributed by atoms with Gasteiger partial charge in [-0.15, -0.1) is 0 Å². The molecule has 0 aliphatic rings. The van der Waals surface area contributed by atoms with Gasteiger partial charge in [0.05, 0.1) is 6.42 Å². The Labute approximate surface area is 218 Å². The molecule has 0 aromatic rings. The molecule has 0 radical (unpaired) electrons. The van der Waals surface area contributed by atoms with Gasteiger partial charge in [-0.2, -0.15) is 0 Å². The maximum Gasteiger partial charge on any atom is 0.408 e. The zero-order chi connectivity index (χ0) is 29.0. The molecule has 0 saturated carbocycles. The molecular formula is C24H44N4O9. The summed E-state index contributed by atoms with van der Waals surface area (Å²) < 4.78 is 15.4. The molecule has 1 unspecified atom stereocenters. The van der Waals surface area contributed by atoms with Gasteiger partial charge in [-0.3, -0.25) is 4.79 Å². The average molecular weight is 533 g/mol. The fourth-order valence-corrected chi connectivity index (χ4v) is 2.70. The molecule has 0 spiro atoms.